The average Bonchev–Trinajstić information content (AvgIpc) is 3.18. The maximum Gasteiger partial charge on any atom is 0.134 e. The highest BCUT2D eigenvalue weighted by molar-refractivity contribution is 7.09. The molecule has 7 heteroatoms. The van der Waals surface area contributed by atoms with Crippen LogP contribution in [0.2, 0.25) is 0 Å². The number of anilines is 2. The molecule has 1 atom stereocenters. The minimum Gasteiger partial charge on any atom is -0.394 e. The Morgan fingerprint density at radius 3 is 3.14 bits per heavy atom. The van der Waals surface area contributed by atoms with Crippen LogP contribution in [0.3, 0.4) is 0 Å². The third kappa shape index (κ3) is 3.48. The molecule has 1 unspecified atom stereocenters. The van der Waals surface area contributed by atoms with Crippen LogP contribution in [0.4, 0.5) is 11.6 Å². The summed E-state index contributed by atoms with van der Waals surface area (Å²) in [4.78, 5) is 15.0. The predicted molar refractivity (Wildman–Crippen MR) is 83.8 cm³/mol. The van der Waals surface area contributed by atoms with Gasteiger partial charge in [0.2, 0.25) is 0 Å². The van der Waals surface area contributed by atoms with Crippen molar-refractivity contribution in [3.05, 3.63) is 29.0 Å². The number of nitrogens with zero attached hydrogens (tertiary/aromatic N) is 4. The zero-order valence-electron chi connectivity index (χ0n) is 11.8. The SMILES string of the molecule is OCC1CCCN1c1cc(NCCc2nccs2)ncn1. The van der Waals surface area contributed by atoms with Crippen molar-refractivity contribution >= 4 is 23.0 Å². The monoisotopic (exact) mass is 305 g/mol. The summed E-state index contributed by atoms with van der Waals surface area (Å²) in [6, 6.07) is 2.14. The molecule has 0 aromatic carbocycles. The molecule has 1 saturated heterocycles. The Kier molecular flexibility index (Phi) is 4.62. The van der Waals surface area contributed by atoms with Crippen LogP contribution in [0.15, 0.2) is 24.0 Å². The average molecular weight is 305 g/mol. The van der Waals surface area contributed by atoms with E-state index in [1.807, 2.05) is 17.6 Å². The van der Waals surface area contributed by atoms with Crippen LogP contribution in [0.25, 0.3) is 0 Å². The molecule has 2 aromatic rings. The molecule has 112 valence electrons. The molecule has 3 rings (SSSR count). The van der Waals surface area contributed by atoms with Gasteiger partial charge in [-0.3, -0.25) is 0 Å². The van der Waals surface area contributed by atoms with Crippen LogP contribution in [0.1, 0.15) is 17.8 Å². The maximum absolute atomic E-state index is 9.41. The van der Waals surface area contributed by atoms with Crippen molar-refractivity contribution in [1.29, 1.82) is 0 Å². The molecule has 2 N–H and O–H groups in total. The van der Waals surface area contributed by atoms with Crippen LogP contribution < -0.4 is 10.2 Å². The second-order valence-corrected chi connectivity index (χ2v) is 6.02. The quantitative estimate of drug-likeness (QED) is 0.843. The van der Waals surface area contributed by atoms with Gasteiger partial charge in [-0.1, -0.05) is 0 Å². The first-order valence-corrected chi connectivity index (χ1v) is 8.06. The topological polar surface area (TPSA) is 74.2 Å². The molecule has 0 spiro atoms. The first-order valence-electron chi connectivity index (χ1n) is 7.18. The van der Waals surface area contributed by atoms with Gasteiger partial charge in [0.25, 0.3) is 0 Å². The van der Waals surface area contributed by atoms with Gasteiger partial charge in [-0.15, -0.1) is 11.3 Å². The van der Waals surface area contributed by atoms with E-state index in [1.165, 1.54) is 0 Å². The fourth-order valence-corrected chi connectivity index (χ4v) is 3.22. The minimum absolute atomic E-state index is 0.177. The lowest BCUT2D eigenvalue weighted by atomic mass is 10.2. The predicted octanol–water partition coefficient (Wildman–Crippen LogP) is 1.55. The second kappa shape index (κ2) is 6.82. The Hall–Kier alpha value is -1.73. The number of aliphatic hydroxyl groups is 1. The van der Waals surface area contributed by atoms with Crippen LogP contribution in [0.5, 0.6) is 0 Å². The lowest BCUT2D eigenvalue weighted by Gasteiger charge is -2.24. The Balaban J connectivity index is 1.60. The second-order valence-electron chi connectivity index (χ2n) is 5.04. The van der Waals surface area contributed by atoms with Crippen LogP contribution in [0, 0.1) is 0 Å². The van der Waals surface area contributed by atoms with Crippen molar-refractivity contribution < 1.29 is 5.11 Å². The van der Waals surface area contributed by atoms with Crippen molar-refractivity contribution in [2.75, 3.05) is 29.9 Å². The number of thiazole rings is 1. The first kappa shape index (κ1) is 14.2. The Morgan fingerprint density at radius 2 is 2.33 bits per heavy atom. The third-order valence-corrected chi connectivity index (χ3v) is 4.50. The summed E-state index contributed by atoms with van der Waals surface area (Å²) < 4.78 is 0. The van der Waals surface area contributed by atoms with E-state index in [0.29, 0.717) is 0 Å². The number of hydrogen-bond donors (Lipinski definition) is 2. The molecular weight excluding hydrogens is 286 g/mol. The van der Waals surface area contributed by atoms with Crippen LogP contribution in [-0.4, -0.2) is 45.8 Å². The van der Waals surface area contributed by atoms with Gasteiger partial charge in [0.15, 0.2) is 0 Å². The number of rotatable bonds is 6. The van der Waals surface area contributed by atoms with E-state index in [1.54, 1.807) is 17.7 Å². The third-order valence-electron chi connectivity index (χ3n) is 3.66. The molecule has 1 aliphatic heterocycles. The van der Waals surface area contributed by atoms with Gasteiger partial charge >= 0.3 is 0 Å². The summed E-state index contributed by atoms with van der Waals surface area (Å²) in [5.74, 6) is 1.71. The highest BCUT2D eigenvalue weighted by atomic mass is 32.1. The van der Waals surface area contributed by atoms with Gasteiger partial charge in [0.1, 0.15) is 18.0 Å². The van der Waals surface area contributed by atoms with Gasteiger partial charge in [-0.25, -0.2) is 15.0 Å². The largest absolute Gasteiger partial charge is 0.394 e. The van der Waals surface area contributed by atoms with E-state index in [2.05, 4.69) is 25.2 Å². The molecule has 0 bridgehead atoms. The van der Waals surface area contributed by atoms with E-state index >= 15 is 0 Å². The lowest BCUT2D eigenvalue weighted by molar-refractivity contribution is 0.266. The highest BCUT2D eigenvalue weighted by Gasteiger charge is 2.25. The van der Waals surface area contributed by atoms with Crippen molar-refractivity contribution in [3.8, 4) is 0 Å². The van der Waals surface area contributed by atoms with Crippen molar-refractivity contribution in [1.82, 2.24) is 15.0 Å². The molecule has 21 heavy (non-hydrogen) atoms. The number of nitrogens with one attached hydrogen (secondary N) is 1. The molecule has 6 nitrogen and oxygen atoms in total. The fourth-order valence-electron chi connectivity index (χ4n) is 2.60. The number of aromatic nitrogens is 3. The summed E-state index contributed by atoms with van der Waals surface area (Å²) in [5, 5.41) is 15.8. The summed E-state index contributed by atoms with van der Waals surface area (Å²) in [7, 11) is 0. The van der Waals surface area contributed by atoms with Gasteiger partial charge in [-0.2, -0.15) is 0 Å². The highest BCUT2D eigenvalue weighted by Crippen LogP contribution is 2.24. The van der Waals surface area contributed by atoms with Crippen molar-refractivity contribution in [2.24, 2.45) is 0 Å². The Morgan fingerprint density at radius 1 is 1.38 bits per heavy atom. The van der Waals surface area contributed by atoms with Crippen LogP contribution in [-0.2, 0) is 6.42 Å². The number of hydrogen-bond acceptors (Lipinski definition) is 7. The zero-order chi connectivity index (χ0) is 14.5. The standard InChI is InChI=1S/C14H19N5OS/c20-9-11-2-1-6-19(11)13-8-12(17-10-18-13)15-4-3-14-16-5-7-21-14/h5,7-8,10-11,20H,1-4,6,9H2,(H,15,17,18). The summed E-state index contributed by atoms with van der Waals surface area (Å²) in [6.45, 7) is 1.92. The smallest absolute Gasteiger partial charge is 0.134 e. The molecule has 0 saturated carbocycles. The Labute approximate surface area is 127 Å². The molecule has 0 radical (unpaired) electrons. The van der Waals surface area contributed by atoms with E-state index in [9.17, 15) is 5.11 Å². The first-order chi connectivity index (χ1) is 10.4. The van der Waals surface area contributed by atoms with Gasteiger partial charge in [0, 0.05) is 37.2 Å². The zero-order valence-corrected chi connectivity index (χ0v) is 12.6. The van der Waals surface area contributed by atoms with Gasteiger partial charge in [-0.05, 0) is 12.8 Å². The van der Waals surface area contributed by atoms with E-state index in [4.69, 9.17) is 0 Å². The summed E-state index contributed by atoms with van der Waals surface area (Å²) >= 11 is 1.67. The molecule has 1 fully saturated rings. The molecule has 1 aliphatic rings. The van der Waals surface area contributed by atoms with Crippen LogP contribution >= 0.6 is 11.3 Å². The Bertz CT molecular complexity index is 562. The van der Waals surface area contributed by atoms with Crippen molar-refractivity contribution in [2.45, 2.75) is 25.3 Å². The number of aliphatic hydroxyl groups excluding tert-OH is 1. The van der Waals surface area contributed by atoms with E-state index in [0.717, 1.165) is 49.0 Å². The lowest BCUT2D eigenvalue weighted by Crippen LogP contribution is -2.32. The molecule has 3 heterocycles. The van der Waals surface area contributed by atoms with Gasteiger partial charge < -0.3 is 15.3 Å². The maximum atomic E-state index is 9.41. The fraction of sp³-hybridized carbons (Fsp3) is 0.500. The summed E-state index contributed by atoms with van der Waals surface area (Å²) in [6.07, 6.45) is 6.41. The molecule has 0 aliphatic carbocycles. The summed E-state index contributed by atoms with van der Waals surface area (Å²) in [5.41, 5.74) is 0. The molecule has 2 aromatic heterocycles. The normalized spacial score (nSPS) is 18.1. The molecule has 0 amide bonds. The van der Waals surface area contributed by atoms with E-state index in [-0.39, 0.29) is 12.6 Å². The van der Waals surface area contributed by atoms with Gasteiger partial charge in [0.05, 0.1) is 17.7 Å². The molecular formula is C14H19N5OS. The van der Waals surface area contributed by atoms with Crippen molar-refractivity contribution in [3.63, 3.8) is 0 Å². The minimum atomic E-state index is 0.177. The van der Waals surface area contributed by atoms with E-state index < -0.39 is 0 Å².